The minimum absolute atomic E-state index is 0.0177. The van der Waals surface area contributed by atoms with Crippen LogP contribution in [0.25, 0.3) is 0 Å². The van der Waals surface area contributed by atoms with Crippen LogP contribution in [0.1, 0.15) is 41.3 Å². The van der Waals surface area contributed by atoms with Gasteiger partial charge in [0.15, 0.2) is 5.78 Å². The average molecular weight is 232 g/mol. The quantitative estimate of drug-likeness (QED) is 0.797. The van der Waals surface area contributed by atoms with Crippen molar-refractivity contribution in [3.8, 4) is 0 Å². The molecule has 0 spiro atoms. The van der Waals surface area contributed by atoms with Crippen molar-refractivity contribution in [3.63, 3.8) is 0 Å². The Labute approximate surface area is 100 Å². The second-order valence-electron chi connectivity index (χ2n) is 4.83. The largest absolute Gasteiger partial charge is 0.481 e. The Hall–Kier alpha value is -1.64. The second-order valence-corrected chi connectivity index (χ2v) is 4.83. The highest BCUT2D eigenvalue weighted by Crippen LogP contribution is 2.25. The molecule has 1 atom stereocenters. The molecule has 0 heterocycles. The van der Waals surface area contributed by atoms with Crippen molar-refractivity contribution in [3.05, 3.63) is 34.9 Å². The number of aliphatic carboxylic acids is 1. The summed E-state index contributed by atoms with van der Waals surface area (Å²) in [5.74, 6) is -0.297. The molecule has 3 nitrogen and oxygen atoms in total. The summed E-state index contributed by atoms with van der Waals surface area (Å²) in [6.45, 7) is 2.09. The molecule has 1 unspecified atom stereocenters. The standard InChI is InChI=1S/C14H16O3/c1-9-2-4-11-5-3-10(8-14(16)17)7-12(11)13(15)6-9/h3,5,7,9H,2,4,6,8H2,1H3,(H,16,17). The molecule has 1 aliphatic carbocycles. The Morgan fingerprint density at radius 2 is 2.24 bits per heavy atom. The van der Waals surface area contributed by atoms with Gasteiger partial charge in [-0.15, -0.1) is 0 Å². The smallest absolute Gasteiger partial charge is 0.307 e. The maximum atomic E-state index is 12.0. The van der Waals surface area contributed by atoms with Gasteiger partial charge in [-0.3, -0.25) is 9.59 Å². The van der Waals surface area contributed by atoms with Gasteiger partial charge in [-0.25, -0.2) is 0 Å². The van der Waals surface area contributed by atoms with Crippen molar-refractivity contribution in [2.24, 2.45) is 5.92 Å². The molecule has 90 valence electrons. The monoisotopic (exact) mass is 232 g/mol. The minimum Gasteiger partial charge on any atom is -0.481 e. The van der Waals surface area contributed by atoms with Crippen molar-refractivity contribution in [2.75, 3.05) is 0 Å². The molecule has 1 aliphatic rings. The average Bonchev–Trinajstić information content (AvgIpc) is 2.38. The highest BCUT2D eigenvalue weighted by Gasteiger charge is 2.20. The maximum Gasteiger partial charge on any atom is 0.307 e. The number of hydrogen-bond donors (Lipinski definition) is 1. The van der Waals surface area contributed by atoms with Crippen molar-refractivity contribution < 1.29 is 14.7 Å². The fourth-order valence-corrected chi connectivity index (χ4v) is 2.32. The fourth-order valence-electron chi connectivity index (χ4n) is 2.32. The molecule has 1 N–H and O–H groups in total. The number of carbonyl (C=O) groups is 2. The van der Waals surface area contributed by atoms with Gasteiger partial charge >= 0.3 is 5.97 Å². The Balaban J connectivity index is 2.34. The van der Waals surface area contributed by atoms with E-state index in [1.54, 1.807) is 6.07 Å². The van der Waals surface area contributed by atoms with Crippen LogP contribution in [-0.2, 0) is 17.6 Å². The number of Topliss-reactive ketones (excluding diaryl/α,β-unsaturated/α-hetero) is 1. The third kappa shape index (κ3) is 2.73. The number of benzene rings is 1. The summed E-state index contributed by atoms with van der Waals surface area (Å²) in [6, 6.07) is 5.48. The van der Waals surface area contributed by atoms with Crippen LogP contribution < -0.4 is 0 Å². The Morgan fingerprint density at radius 3 is 2.94 bits per heavy atom. The minimum atomic E-state index is -0.862. The molecule has 1 aromatic carbocycles. The first-order valence-electron chi connectivity index (χ1n) is 5.93. The van der Waals surface area contributed by atoms with E-state index in [1.165, 1.54) is 0 Å². The first-order valence-corrected chi connectivity index (χ1v) is 5.93. The number of fused-ring (bicyclic) bond motifs is 1. The van der Waals surface area contributed by atoms with E-state index in [0.29, 0.717) is 17.9 Å². The van der Waals surface area contributed by atoms with E-state index in [1.807, 2.05) is 12.1 Å². The molecule has 0 radical (unpaired) electrons. The molecule has 0 saturated carbocycles. The van der Waals surface area contributed by atoms with E-state index in [4.69, 9.17) is 5.11 Å². The summed E-state index contributed by atoms with van der Waals surface area (Å²) < 4.78 is 0. The van der Waals surface area contributed by atoms with E-state index >= 15 is 0 Å². The van der Waals surface area contributed by atoms with Crippen molar-refractivity contribution in [1.29, 1.82) is 0 Å². The lowest BCUT2D eigenvalue weighted by molar-refractivity contribution is -0.136. The van der Waals surface area contributed by atoms with Gasteiger partial charge in [0.05, 0.1) is 6.42 Å². The molecule has 0 aliphatic heterocycles. The van der Waals surface area contributed by atoms with Crippen molar-refractivity contribution >= 4 is 11.8 Å². The third-order valence-corrected chi connectivity index (χ3v) is 3.27. The number of carboxylic acid groups (broad SMARTS) is 1. The lowest BCUT2D eigenvalue weighted by Crippen LogP contribution is -2.06. The van der Waals surface area contributed by atoms with Gasteiger partial charge in [0.25, 0.3) is 0 Å². The topological polar surface area (TPSA) is 54.4 Å². The molecule has 0 bridgehead atoms. The van der Waals surface area contributed by atoms with Crippen LogP contribution in [0.15, 0.2) is 18.2 Å². The molecular weight excluding hydrogens is 216 g/mol. The van der Waals surface area contributed by atoms with E-state index in [2.05, 4.69) is 6.92 Å². The van der Waals surface area contributed by atoms with Crippen LogP contribution in [0.3, 0.4) is 0 Å². The van der Waals surface area contributed by atoms with Crippen LogP contribution >= 0.6 is 0 Å². The first kappa shape index (κ1) is 11.8. The van der Waals surface area contributed by atoms with Crippen LogP contribution in [-0.4, -0.2) is 16.9 Å². The first-order chi connectivity index (χ1) is 8.06. The summed E-state index contributed by atoms with van der Waals surface area (Å²) in [4.78, 5) is 22.7. The number of ketones is 1. The van der Waals surface area contributed by atoms with Gasteiger partial charge in [0.1, 0.15) is 0 Å². The number of hydrogen-bond acceptors (Lipinski definition) is 2. The summed E-state index contributed by atoms with van der Waals surface area (Å²) in [6.07, 6.45) is 2.49. The van der Waals surface area contributed by atoms with Gasteiger partial charge in [0.2, 0.25) is 0 Å². The van der Waals surface area contributed by atoms with E-state index in [-0.39, 0.29) is 12.2 Å². The summed E-state index contributed by atoms with van der Waals surface area (Å²) >= 11 is 0. The van der Waals surface area contributed by atoms with Crippen LogP contribution in [0.5, 0.6) is 0 Å². The van der Waals surface area contributed by atoms with Gasteiger partial charge in [-0.2, -0.15) is 0 Å². The summed E-state index contributed by atoms with van der Waals surface area (Å²) in [5, 5.41) is 8.75. The molecule has 3 heteroatoms. The molecule has 0 saturated heterocycles. The van der Waals surface area contributed by atoms with Gasteiger partial charge in [0, 0.05) is 12.0 Å². The molecule has 17 heavy (non-hydrogen) atoms. The number of rotatable bonds is 2. The predicted molar refractivity (Wildman–Crippen MR) is 64.2 cm³/mol. The number of carboxylic acids is 1. The van der Waals surface area contributed by atoms with E-state index < -0.39 is 5.97 Å². The van der Waals surface area contributed by atoms with Crippen LogP contribution in [0, 0.1) is 5.92 Å². The van der Waals surface area contributed by atoms with Gasteiger partial charge in [-0.05, 0) is 36.0 Å². The highest BCUT2D eigenvalue weighted by molar-refractivity contribution is 5.98. The second kappa shape index (κ2) is 4.70. The normalized spacial score (nSPS) is 19.6. The van der Waals surface area contributed by atoms with Gasteiger partial charge in [-0.1, -0.05) is 19.1 Å². The molecule has 2 rings (SSSR count). The van der Waals surface area contributed by atoms with Crippen LogP contribution in [0.4, 0.5) is 0 Å². The summed E-state index contributed by atoms with van der Waals surface area (Å²) in [7, 11) is 0. The van der Waals surface area contributed by atoms with Crippen LogP contribution in [0.2, 0.25) is 0 Å². The SMILES string of the molecule is CC1CCc2ccc(CC(=O)O)cc2C(=O)C1. The van der Waals surface area contributed by atoms with Gasteiger partial charge < -0.3 is 5.11 Å². The molecule has 0 amide bonds. The highest BCUT2D eigenvalue weighted by atomic mass is 16.4. The number of carbonyl (C=O) groups excluding carboxylic acids is 1. The zero-order chi connectivity index (χ0) is 12.4. The lowest BCUT2D eigenvalue weighted by atomic mass is 9.98. The molecular formula is C14H16O3. The predicted octanol–water partition coefficient (Wildman–Crippen LogP) is 2.47. The van der Waals surface area contributed by atoms with Crippen molar-refractivity contribution in [2.45, 2.75) is 32.6 Å². The Bertz CT molecular complexity index is 463. The van der Waals surface area contributed by atoms with E-state index in [9.17, 15) is 9.59 Å². The fraction of sp³-hybridized carbons (Fsp3) is 0.429. The molecule has 0 fully saturated rings. The molecule has 0 aromatic heterocycles. The van der Waals surface area contributed by atoms with E-state index in [0.717, 1.165) is 24.0 Å². The summed E-state index contributed by atoms with van der Waals surface area (Å²) in [5.41, 5.74) is 2.50. The molecule has 1 aromatic rings. The lowest BCUT2D eigenvalue weighted by Gasteiger charge is -2.06. The third-order valence-electron chi connectivity index (χ3n) is 3.27. The number of aryl methyl sites for hydroxylation is 1. The Kier molecular flexibility index (Phi) is 3.27. The Morgan fingerprint density at radius 1 is 1.47 bits per heavy atom. The van der Waals surface area contributed by atoms with Crippen molar-refractivity contribution in [1.82, 2.24) is 0 Å². The maximum absolute atomic E-state index is 12.0. The zero-order valence-electron chi connectivity index (χ0n) is 9.90. The zero-order valence-corrected chi connectivity index (χ0v) is 9.90.